The predicted molar refractivity (Wildman–Crippen MR) is 139 cm³/mol. The molecule has 0 bridgehead atoms. The van der Waals surface area contributed by atoms with Gasteiger partial charge in [-0.3, -0.25) is 19.2 Å². The number of unbranched alkanes of at least 4 members (excludes halogenated alkanes) is 1. The van der Waals surface area contributed by atoms with Crippen LogP contribution >= 0.6 is 21.6 Å². The van der Waals surface area contributed by atoms with Gasteiger partial charge in [-0.15, -0.1) is 0 Å². The number of likely N-dealkylation sites (N-methyl/N-ethyl adjacent to an activating group) is 1. The molecule has 3 amide bonds. The molecule has 0 aliphatic carbocycles. The summed E-state index contributed by atoms with van der Waals surface area (Å²) in [5.41, 5.74) is 0.518. The van der Waals surface area contributed by atoms with Gasteiger partial charge in [-0.1, -0.05) is 72.2 Å². The molecule has 0 spiro atoms. The first kappa shape index (κ1) is 28.2. The quantitative estimate of drug-likeness (QED) is 0.201. The highest BCUT2D eigenvalue weighted by Crippen LogP contribution is 2.39. The normalized spacial score (nSPS) is 17.1. The highest BCUT2D eigenvalue weighted by atomic mass is 33.1. The zero-order chi connectivity index (χ0) is 24.9. The van der Waals surface area contributed by atoms with Crippen molar-refractivity contribution in [1.29, 1.82) is 0 Å². The average Bonchev–Trinajstić information content (AvgIpc) is 3.33. The van der Waals surface area contributed by atoms with Gasteiger partial charge in [0.2, 0.25) is 17.6 Å². The van der Waals surface area contributed by atoms with Gasteiger partial charge in [-0.25, -0.2) is 0 Å². The van der Waals surface area contributed by atoms with Crippen molar-refractivity contribution in [3.05, 3.63) is 35.9 Å². The van der Waals surface area contributed by atoms with Crippen LogP contribution in [0, 0.1) is 5.92 Å². The molecular weight excluding hydrogens is 470 g/mol. The van der Waals surface area contributed by atoms with Gasteiger partial charge < -0.3 is 16.0 Å². The van der Waals surface area contributed by atoms with Crippen molar-refractivity contribution < 1.29 is 19.2 Å². The van der Waals surface area contributed by atoms with Crippen LogP contribution in [0.2, 0.25) is 0 Å². The Bertz CT molecular complexity index is 814. The lowest BCUT2D eigenvalue weighted by atomic mass is 9.99. The fourth-order valence-corrected chi connectivity index (χ4v) is 6.79. The number of ketones is 1. The first-order valence-electron chi connectivity index (χ1n) is 12.1. The largest absolute Gasteiger partial charge is 0.350 e. The van der Waals surface area contributed by atoms with E-state index in [1.165, 1.54) is 12.2 Å². The topological polar surface area (TPSA) is 104 Å². The van der Waals surface area contributed by atoms with Gasteiger partial charge in [0.1, 0.15) is 12.1 Å². The predicted octanol–water partition coefficient (Wildman–Crippen LogP) is 3.79. The summed E-state index contributed by atoms with van der Waals surface area (Å²) in [5.74, 6) is -0.761. The van der Waals surface area contributed by atoms with Crippen molar-refractivity contribution in [1.82, 2.24) is 16.0 Å². The molecule has 3 N–H and O–H groups in total. The lowest BCUT2D eigenvalue weighted by Crippen LogP contribution is -2.50. The first-order valence-corrected chi connectivity index (χ1v) is 14.4. The van der Waals surface area contributed by atoms with E-state index in [-0.39, 0.29) is 11.8 Å². The molecule has 1 saturated heterocycles. The second-order valence-corrected chi connectivity index (χ2v) is 11.7. The third-order valence-corrected chi connectivity index (χ3v) is 8.52. The Morgan fingerprint density at radius 2 is 1.79 bits per heavy atom. The van der Waals surface area contributed by atoms with E-state index in [0.29, 0.717) is 30.2 Å². The third-order valence-electron chi connectivity index (χ3n) is 5.51. The zero-order valence-electron chi connectivity index (χ0n) is 20.3. The molecule has 1 fully saturated rings. The zero-order valence-corrected chi connectivity index (χ0v) is 21.9. The SMILES string of the molecule is CCNC(=O)C(=O)[C@@H](NC(=O)[C@H](CC(C)C)NC(=O)CCCCC1CCSS1)c1ccccc1. The van der Waals surface area contributed by atoms with E-state index in [0.717, 1.165) is 19.3 Å². The number of benzene rings is 1. The number of rotatable bonds is 14. The summed E-state index contributed by atoms with van der Waals surface area (Å²) in [5, 5.41) is 8.76. The summed E-state index contributed by atoms with van der Waals surface area (Å²) < 4.78 is 0. The fourth-order valence-electron chi connectivity index (χ4n) is 3.76. The second-order valence-electron chi connectivity index (χ2n) is 8.90. The highest BCUT2D eigenvalue weighted by Gasteiger charge is 2.31. The third kappa shape index (κ3) is 9.70. The van der Waals surface area contributed by atoms with Crippen molar-refractivity contribution in [3.63, 3.8) is 0 Å². The molecule has 7 nitrogen and oxygen atoms in total. The fraction of sp³-hybridized carbons (Fsp3) is 0.600. The Morgan fingerprint density at radius 3 is 2.41 bits per heavy atom. The minimum atomic E-state index is -1.12. The monoisotopic (exact) mass is 507 g/mol. The molecule has 0 saturated carbocycles. The summed E-state index contributed by atoms with van der Waals surface area (Å²) in [7, 11) is 3.86. The maximum Gasteiger partial charge on any atom is 0.289 e. The Balaban J connectivity index is 2.00. The van der Waals surface area contributed by atoms with Gasteiger partial charge in [0, 0.05) is 24.0 Å². The molecule has 1 aliphatic rings. The molecule has 0 aromatic heterocycles. The second kappa shape index (κ2) is 15.1. The summed E-state index contributed by atoms with van der Waals surface area (Å²) in [6.07, 6.45) is 4.92. The minimum absolute atomic E-state index is 0.155. The summed E-state index contributed by atoms with van der Waals surface area (Å²) >= 11 is 0. The van der Waals surface area contributed by atoms with Crippen molar-refractivity contribution in [2.24, 2.45) is 5.92 Å². The van der Waals surface area contributed by atoms with E-state index in [1.807, 2.05) is 35.4 Å². The maximum absolute atomic E-state index is 13.2. The van der Waals surface area contributed by atoms with Gasteiger partial charge in [0.25, 0.3) is 5.91 Å². The van der Waals surface area contributed by atoms with Gasteiger partial charge in [0.05, 0.1) is 0 Å². The van der Waals surface area contributed by atoms with E-state index in [2.05, 4.69) is 16.0 Å². The highest BCUT2D eigenvalue weighted by molar-refractivity contribution is 8.77. The maximum atomic E-state index is 13.2. The number of amides is 3. The molecule has 1 unspecified atom stereocenters. The van der Waals surface area contributed by atoms with E-state index < -0.39 is 29.7 Å². The standard InChI is InChI=1S/C25H37N3O4S2/c1-4-26-25(32)23(30)22(18-10-6-5-7-11-18)28-24(31)20(16-17(2)3)27-21(29)13-9-8-12-19-14-15-33-34-19/h5-7,10-11,17,19-20,22H,4,8-9,12-16H2,1-3H3,(H,26,32)(H,27,29)(H,28,31)/t19?,20-,22-/m0/s1. The molecule has 1 aliphatic heterocycles. The van der Waals surface area contributed by atoms with E-state index in [4.69, 9.17) is 0 Å². The Kier molecular flexibility index (Phi) is 12.5. The van der Waals surface area contributed by atoms with Crippen molar-refractivity contribution in [3.8, 4) is 0 Å². The van der Waals surface area contributed by atoms with Crippen LogP contribution in [0.3, 0.4) is 0 Å². The molecule has 0 radical (unpaired) electrons. The minimum Gasteiger partial charge on any atom is -0.350 e. The molecule has 1 aromatic carbocycles. The first-order chi connectivity index (χ1) is 16.3. The molecule has 9 heteroatoms. The summed E-state index contributed by atoms with van der Waals surface area (Å²) in [4.78, 5) is 50.8. The van der Waals surface area contributed by atoms with Crippen molar-refractivity contribution in [2.45, 2.75) is 76.6 Å². The number of hydrogen-bond donors (Lipinski definition) is 3. The number of carbonyl (C=O) groups excluding carboxylic acids is 4. The van der Waals surface area contributed by atoms with Gasteiger partial charge in [-0.2, -0.15) is 0 Å². The number of hydrogen-bond acceptors (Lipinski definition) is 6. The number of Topliss-reactive ketones (excluding diaryl/α,β-unsaturated/α-hetero) is 1. The van der Waals surface area contributed by atoms with Gasteiger partial charge in [0.15, 0.2) is 0 Å². The molecule has 2 rings (SSSR count). The Hall–Kier alpha value is -2.00. The summed E-state index contributed by atoms with van der Waals surface area (Å²) in [6, 6.07) is 6.78. The summed E-state index contributed by atoms with van der Waals surface area (Å²) in [6.45, 7) is 5.97. The Labute approximate surface area is 210 Å². The van der Waals surface area contributed by atoms with Crippen LogP contribution in [0.25, 0.3) is 0 Å². The van der Waals surface area contributed by atoms with E-state index in [1.54, 1.807) is 37.3 Å². The van der Waals surface area contributed by atoms with Crippen LogP contribution in [-0.2, 0) is 19.2 Å². The molecule has 3 atom stereocenters. The van der Waals surface area contributed by atoms with Crippen molar-refractivity contribution in [2.75, 3.05) is 12.3 Å². The van der Waals surface area contributed by atoms with Gasteiger partial charge in [-0.05, 0) is 44.1 Å². The van der Waals surface area contributed by atoms with E-state index >= 15 is 0 Å². The van der Waals surface area contributed by atoms with Crippen LogP contribution in [0.15, 0.2) is 30.3 Å². The molecule has 1 heterocycles. The molecule has 1 aromatic rings. The van der Waals surface area contributed by atoms with Crippen molar-refractivity contribution >= 4 is 45.1 Å². The van der Waals surface area contributed by atoms with Crippen LogP contribution in [-0.4, -0.2) is 47.1 Å². The smallest absolute Gasteiger partial charge is 0.289 e. The van der Waals surface area contributed by atoms with Crippen LogP contribution in [0.4, 0.5) is 0 Å². The van der Waals surface area contributed by atoms with E-state index in [9.17, 15) is 19.2 Å². The molecule has 188 valence electrons. The van der Waals surface area contributed by atoms with Crippen LogP contribution in [0.1, 0.15) is 70.9 Å². The molecular formula is C25H37N3O4S2. The number of nitrogens with one attached hydrogen (secondary N) is 3. The Morgan fingerprint density at radius 1 is 1.06 bits per heavy atom. The van der Waals surface area contributed by atoms with Crippen LogP contribution < -0.4 is 16.0 Å². The number of carbonyl (C=O) groups is 4. The lowest BCUT2D eigenvalue weighted by molar-refractivity contribution is -0.140. The van der Waals surface area contributed by atoms with Crippen LogP contribution in [0.5, 0.6) is 0 Å². The van der Waals surface area contributed by atoms with Gasteiger partial charge >= 0.3 is 0 Å². The molecule has 34 heavy (non-hydrogen) atoms. The lowest BCUT2D eigenvalue weighted by Gasteiger charge is -2.24. The average molecular weight is 508 g/mol.